The van der Waals surface area contributed by atoms with Gasteiger partial charge in [-0.1, -0.05) is 30.3 Å². The minimum Gasteiger partial charge on any atom is -0.465 e. The Morgan fingerprint density at radius 2 is 1.94 bits per heavy atom. The van der Waals surface area contributed by atoms with Crippen molar-refractivity contribution in [2.24, 2.45) is 7.05 Å². The van der Waals surface area contributed by atoms with E-state index in [4.69, 9.17) is 0 Å². The first-order valence-corrected chi connectivity index (χ1v) is 10.8. The fourth-order valence-corrected chi connectivity index (χ4v) is 4.00. The average molecular weight is 442 g/mol. The first-order valence-electron chi connectivity index (χ1n) is 9.94. The number of carboxylic acid groups (broad SMARTS) is 1. The molecule has 1 aromatic carbocycles. The SMILES string of the molecule is Cn1nccc1-c1csc(C(=O)NC(Cc2ccccc2)CN(C(=O)O)C(C)(C)C)n1. The van der Waals surface area contributed by atoms with Crippen LogP contribution in [0.3, 0.4) is 0 Å². The maximum Gasteiger partial charge on any atom is 0.407 e. The van der Waals surface area contributed by atoms with Crippen LogP contribution in [0.2, 0.25) is 0 Å². The van der Waals surface area contributed by atoms with Gasteiger partial charge in [0.2, 0.25) is 0 Å². The molecule has 3 rings (SSSR count). The van der Waals surface area contributed by atoms with Crippen LogP contribution < -0.4 is 5.32 Å². The van der Waals surface area contributed by atoms with Crippen molar-refractivity contribution in [3.05, 3.63) is 58.5 Å². The van der Waals surface area contributed by atoms with Gasteiger partial charge in [0.25, 0.3) is 5.91 Å². The van der Waals surface area contributed by atoms with E-state index < -0.39 is 17.7 Å². The predicted molar refractivity (Wildman–Crippen MR) is 120 cm³/mol. The third kappa shape index (κ3) is 5.69. The van der Waals surface area contributed by atoms with E-state index in [2.05, 4.69) is 15.4 Å². The zero-order valence-electron chi connectivity index (χ0n) is 18.1. The van der Waals surface area contributed by atoms with E-state index in [1.807, 2.05) is 69.6 Å². The fourth-order valence-electron chi connectivity index (χ4n) is 3.29. The van der Waals surface area contributed by atoms with Crippen molar-refractivity contribution in [3.63, 3.8) is 0 Å². The second-order valence-electron chi connectivity index (χ2n) is 8.30. The lowest BCUT2D eigenvalue weighted by atomic mass is 10.0. The van der Waals surface area contributed by atoms with Crippen LogP contribution in [0.1, 0.15) is 36.1 Å². The second-order valence-corrected chi connectivity index (χ2v) is 9.16. The summed E-state index contributed by atoms with van der Waals surface area (Å²) in [5.41, 5.74) is 1.92. The molecule has 2 N–H and O–H groups in total. The largest absolute Gasteiger partial charge is 0.465 e. The molecule has 2 amide bonds. The normalized spacial score (nSPS) is 12.4. The van der Waals surface area contributed by atoms with Crippen LogP contribution in [0.5, 0.6) is 0 Å². The van der Waals surface area contributed by atoms with E-state index in [1.165, 1.54) is 16.2 Å². The van der Waals surface area contributed by atoms with Crippen molar-refractivity contribution in [1.82, 2.24) is 25.0 Å². The Labute approximate surface area is 185 Å². The second kappa shape index (κ2) is 9.30. The molecule has 164 valence electrons. The molecule has 0 saturated carbocycles. The highest BCUT2D eigenvalue weighted by atomic mass is 32.1. The summed E-state index contributed by atoms with van der Waals surface area (Å²) in [6.45, 7) is 5.68. The van der Waals surface area contributed by atoms with Gasteiger partial charge >= 0.3 is 6.09 Å². The monoisotopic (exact) mass is 441 g/mol. The lowest BCUT2D eigenvalue weighted by Crippen LogP contribution is -2.53. The molecule has 9 heteroatoms. The maximum atomic E-state index is 13.0. The minimum absolute atomic E-state index is 0.166. The van der Waals surface area contributed by atoms with Gasteiger partial charge in [-0.15, -0.1) is 11.3 Å². The molecular weight excluding hydrogens is 414 g/mol. The zero-order chi connectivity index (χ0) is 22.6. The minimum atomic E-state index is -1.02. The summed E-state index contributed by atoms with van der Waals surface area (Å²) in [7, 11) is 1.82. The van der Waals surface area contributed by atoms with Crippen molar-refractivity contribution in [2.75, 3.05) is 6.54 Å². The summed E-state index contributed by atoms with van der Waals surface area (Å²) in [6.07, 6.45) is 1.16. The number of aryl methyl sites for hydroxylation is 1. The van der Waals surface area contributed by atoms with Gasteiger partial charge in [-0.25, -0.2) is 9.78 Å². The fraction of sp³-hybridized carbons (Fsp3) is 0.364. The molecule has 0 aliphatic rings. The summed E-state index contributed by atoms with van der Waals surface area (Å²) in [5.74, 6) is -0.321. The Morgan fingerprint density at radius 3 is 2.52 bits per heavy atom. The van der Waals surface area contributed by atoms with Gasteiger partial charge in [0.15, 0.2) is 5.01 Å². The quantitative estimate of drug-likeness (QED) is 0.583. The van der Waals surface area contributed by atoms with Gasteiger partial charge in [-0.05, 0) is 38.8 Å². The number of nitrogens with one attached hydrogen (secondary N) is 1. The van der Waals surface area contributed by atoms with Crippen LogP contribution in [0.4, 0.5) is 4.79 Å². The highest BCUT2D eigenvalue weighted by Crippen LogP contribution is 2.21. The van der Waals surface area contributed by atoms with Gasteiger partial charge < -0.3 is 15.3 Å². The third-order valence-electron chi connectivity index (χ3n) is 4.89. The summed E-state index contributed by atoms with van der Waals surface area (Å²) >= 11 is 1.25. The summed E-state index contributed by atoms with van der Waals surface area (Å²) in [6, 6.07) is 11.1. The summed E-state index contributed by atoms with van der Waals surface area (Å²) in [5, 5.41) is 19.0. The van der Waals surface area contributed by atoms with Gasteiger partial charge in [-0.2, -0.15) is 5.10 Å². The van der Waals surface area contributed by atoms with E-state index in [0.29, 0.717) is 17.1 Å². The lowest BCUT2D eigenvalue weighted by molar-refractivity contribution is 0.0822. The topological polar surface area (TPSA) is 100 Å². The molecule has 3 aromatic rings. The van der Waals surface area contributed by atoms with E-state index in [9.17, 15) is 14.7 Å². The molecule has 2 heterocycles. The molecule has 0 bridgehead atoms. The number of nitrogens with zero attached hydrogens (tertiary/aromatic N) is 4. The molecule has 8 nitrogen and oxygen atoms in total. The number of aromatic nitrogens is 3. The van der Waals surface area contributed by atoms with Crippen LogP contribution in [-0.2, 0) is 13.5 Å². The van der Waals surface area contributed by atoms with Crippen LogP contribution in [0.25, 0.3) is 11.4 Å². The summed E-state index contributed by atoms with van der Waals surface area (Å²) in [4.78, 5) is 30.6. The average Bonchev–Trinajstić information content (AvgIpc) is 3.34. The Kier molecular flexibility index (Phi) is 6.74. The summed E-state index contributed by atoms with van der Waals surface area (Å²) < 4.78 is 1.70. The Bertz CT molecular complexity index is 1040. The Hall–Kier alpha value is -3.20. The van der Waals surface area contributed by atoms with Crippen molar-refractivity contribution >= 4 is 23.3 Å². The Morgan fingerprint density at radius 1 is 1.23 bits per heavy atom. The number of amides is 2. The predicted octanol–water partition coefficient (Wildman–Crippen LogP) is 3.66. The maximum absolute atomic E-state index is 13.0. The molecule has 0 fully saturated rings. The highest BCUT2D eigenvalue weighted by molar-refractivity contribution is 7.12. The molecular formula is C22H27N5O3S. The van der Waals surface area contributed by atoms with Crippen LogP contribution >= 0.6 is 11.3 Å². The number of rotatable bonds is 7. The van der Waals surface area contributed by atoms with E-state index in [0.717, 1.165) is 11.3 Å². The van der Waals surface area contributed by atoms with E-state index >= 15 is 0 Å². The number of thiazole rings is 1. The standard InChI is InChI=1S/C22H27N5O3S/c1-22(2,3)27(21(29)30)13-16(12-15-8-6-5-7-9-15)24-19(28)20-25-17(14-31-20)18-10-11-23-26(18)4/h5-11,14,16H,12-13H2,1-4H3,(H,24,28)(H,29,30). The molecule has 31 heavy (non-hydrogen) atoms. The Balaban J connectivity index is 1.80. The van der Waals surface area contributed by atoms with Crippen molar-refractivity contribution < 1.29 is 14.7 Å². The number of hydrogen-bond acceptors (Lipinski definition) is 5. The molecule has 0 aliphatic carbocycles. The third-order valence-corrected chi connectivity index (χ3v) is 5.73. The molecule has 2 aromatic heterocycles. The van der Waals surface area contributed by atoms with Crippen LogP contribution in [0, 0.1) is 0 Å². The van der Waals surface area contributed by atoms with E-state index in [-0.39, 0.29) is 12.5 Å². The van der Waals surface area contributed by atoms with Gasteiger partial charge in [0, 0.05) is 30.7 Å². The highest BCUT2D eigenvalue weighted by Gasteiger charge is 2.30. The molecule has 0 aliphatic heterocycles. The first-order chi connectivity index (χ1) is 14.6. The lowest BCUT2D eigenvalue weighted by Gasteiger charge is -2.36. The van der Waals surface area contributed by atoms with Crippen molar-refractivity contribution in [1.29, 1.82) is 0 Å². The number of carbonyl (C=O) groups excluding carboxylic acids is 1. The zero-order valence-corrected chi connectivity index (χ0v) is 18.9. The molecule has 1 unspecified atom stereocenters. The number of hydrogen-bond donors (Lipinski definition) is 2. The number of benzene rings is 1. The molecule has 0 radical (unpaired) electrons. The molecule has 0 saturated heterocycles. The van der Waals surface area contributed by atoms with Gasteiger partial charge in [-0.3, -0.25) is 9.48 Å². The van der Waals surface area contributed by atoms with Crippen LogP contribution in [0.15, 0.2) is 48.0 Å². The van der Waals surface area contributed by atoms with Crippen molar-refractivity contribution in [2.45, 2.75) is 38.8 Å². The van der Waals surface area contributed by atoms with Crippen molar-refractivity contribution in [3.8, 4) is 11.4 Å². The molecule has 0 spiro atoms. The van der Waals surface area contributed by atoms with E-state index in [1.54, 1.807) is 10.9 Å². The van der Waals surface area contributed by atoms with Gasteiger partial charge in [0.05, 0.1) is 11.7 Å². The first kappa shape index (κ1) is 22.5. The smallest absolute Gasteiger partial charge is 0.407 e. The van der Waals surface area contributed by atoms with Gasteiger partial charge in [0.1, 0.15) is 5.69 Å². The number of carbonyl (C=O) groups is 2. The molecule has 1 atom stereocenters. The van der Waals surface area contributed by atoms with Crippen LogP contribution in [-0.4, -0.2) is 54.9 Å².